The van der Waals surface area contributed by atoms with Crippen LogP contribution >= 0.6 is 0 Å². The lowest BCUT2D eigenvalue weighted by atomic mass is 9.72. The molecule has 0 aliphatic carbocycles. The maximum Gasteiger partial charge on any atom is 0.118 e. The van der Waals surface area contributed by atoms with E-state index in [1.165, 1.54) is 5.56 Å². The number of phenolic OH excluding ortho intramolecular Hbond substituents is 1. The van der Waals surface area contributed by atoms with E-state index in [1.807, 2.05) is 13.0 Å². The SMILES string of the molecule is CC(N)Cc1cc(C(C)(C)CC(C)(C)C)ccc1O. The maximum atomic E-state index is 9.93. The van der Waals surface area contributed by atoms with Gasteiger partial charge in [0.25, 0.3) is 0 Å². The van der Waals surface area contributed by atoms with Crippen molar-refractivity contribution in [1.29, 1.82) is 0 Å². The van der Waals surface area contributed by atoms with Crippen LogP contribution in [-0.4, -0.2) is 11.1 Å². The number of aromatic hydroxyl groups is 1. The van der Waals surface area contributed by atoms with Crippen LogP contribution in [0.1, 0.15) is 59.1 Å². The Balaban J connectivity index is 3.07. The quantitative estimate of drug-likeness (QED) is 0.862. The lowest BCUT2D eigenvalue weighted by Crippen LogP contribution is -2.25. The third-order valence-electron chi connectivity index (χ3n) is 3.38. The molecule has 0 fully saturated rings. The number of hydrogen-bond donors (Lipinski definition) is 2. The summed E-state index contributed by atoms with van der Waals surface area (Å²) < 4.78 is 0. The van der Waals surface area contributed by atoms with Gasteiger partial charge in [0, 0.05) is 6.04 Å². The monoisotopic (exact) mass is 263 g/mol. The van der Waals surface area contributed by atoms with Crippen LogP contribution < -0.4 is 5.73 Å². The van der Waals surface area contributed by atoms with Crippen LogP contribution in [0.2, 0.25) is 0 Å². The van der Waals surface area contributed by atoms with Gasteiger partial charge in [0.2, 0.25) is 0 Å². The highest BCUT2D eigenvalue weighted by molar-refractivity contribution is 5.39. The fraction of sp³-hybridized carbons (Fsp3) is 0.647. The highest BCUT2D eigenvalue weighted by atomic mass is 16.3. The first-order valence-electron chi connectivity index (χ1n) is 7.09. The van der Waals surface area contributed by atoms with Gasteiger partial charge >= 0.3 is 0 Å². The van der Waals surface area contributed by atoms with Crippen LogP contribution in [0.15, 0.2) is 18.2 Å². The zero-order valence-electron chi connectivity index (χ0n) is 13.2. The van der Waals surface area contributed by atoms with Crippen LogP contribution in [0.4, 0.5) is 0 Å². The predicted molar refractivity (Wildman–Crippen MR) is 82.6 cm³/mol. The maximum absolute atomic E-state index is 9.93. The van der Waals surface area contributed by atoms with Crippen molar-refractivity contribution in [3.8, 4) is 5.75 Å². The highest BCUT2D eigenvalue weighted by Crippen LogP contribution is 2.37. The number of phenols is 1. The van der Waals surface area contributed by atoms with Crippen molar-refractivity contribution in [2.24, 2.45) is 11.1 Å². The fourth-order valence-corrected chi connectivity index (χ4v) is 2.94. The molecule has 2 heteroatoms. The summed E-state index contributed by atoms with van der Waals surface area (Å²) >= 11 is 0. The van der Waals surface area contributed by atoms with E-state index in [0.717, 1.165) is 12.0 Å². The normalized spacial score (nSPS) is 14.5. The van der Waals surface area contributed by atoms with E-state index in [9.17, 15) is 5.11 Å². The smallest absolute Gasteiger partial charge is 0.118 e. The number of hydrogen-bond acceptors (Lipinski definition) is 2. The van der Waals surface area contributed by atoms with Gasteiger partial charge in [-0.15, -0.1) is 0 Å². The minimum atomic E-state index is 0.0619. The van der Waals surface area contributed by atoms with Gasteiger partial charge < -0.3 is 10.8 Å². The molecule has 1 aromatic rings. The number of rotatable bonds is 4. The summed E-state index contributed by atoms with van der Waals surface area (Å²) in [5.41, 5.74) is 8.45. The Bertz CT molecular complexity index is 427. The minimum Gasteiger partial charge on any atom is -0.508 e. The molecule has 0 saturated heterocycles. The molecule has 1 rings (SSSR count). The van der Waals surface area contributed by atoms with Crippen molar-refractivity contribution in [1.82, 2.24) is 0 Å². The highest BCUT2D eigenvalue weighted by Gasteiger charge is 2.27. The Kier molecular flexibility index (Phi) is 4.67. The molecule has 1 aromatic carbocycles. The topological polar surface area (TPSA) is 46.2 Å². The Morgan fingerprint density at radius 1 is 1.16 bits per heavy atom. The minimum absolute atomic E-state index is 0.0619. The van der Waals surface area contributed by atoms with Gasteiger partial charge in [-0.3, -0.25) is 0 Å². The molecule has 19 heavy (non-hydrogen) atoms. The summed E-state index contributed by atoms with van der Waals surface area (Å²) in [6.45, 7) is 13.3. The zero-order valence-corrected chi connectivity index (χ0v) is 13.2. The molecule has 3 N–H and O–H groups in total. The molecule has 0 radical (unpaired) electrons. The van der Waals surface area contributed by atoms with Crippen molar-refractivity contribution >= 4 is 0 Å². The summed E-state index contributed by atoms with van der Waals surface area (Å²) in [4.78, 5) is 0. The molecule has 1 unspecified atom stereocenters. The molecular weight excluding hydrogens is 234 g/mol. The van der Waals surface area contributed by atoms with Gasteiger partial charge in [-0.05, 0) is 47.8 Å². The van der Waals surface area contributed by atoms with E-state index in [2.05, 4.69) is 40.7 Å². The van der Waals surface area contributed by atoms with Crippen molar-refractivity contribution in [3.05, 3.63) is 29.3 Å². The van der Waals surface area contributed by atoms with Crippen LogP contribution in [0.3, 0.4) is 0 Å². The molecule has 1 atom stereocenters. The van der Waals surface area contributed by atoms with Crippen molar-refractivity contribution < 1.29 is 5.11 Å². The summed E-state index contributed by atoms with van der Waals surface area (Å²) in [6.07, 6.45) is 1.81. The second-order valence-electron chi connectivity index (χ2n) is 7.65. The summed E-state index contributed by atoms with van der Waals surface area (Å²) in [6, 6.07) is 6.01. The molecule has 0 aliphatic heterocycles. The Labute approximate surface area is 118 Å². The molecule has 0 amide bonds. The van der Waals surface area contributed by atoms with Gasteiger partial charge in [-0.25, -0.2) is 0 Å². The van der Waals surface area contributed by atoms with Gasteiger partial charge in [-0.1, -0.05) is 46.8 Å². The fourth-order valence-electron chi connectivity index (χ4n) is 2.94. The van der Waals surface area contributed by atoms with Gasteiger partial charge in [0.05, 0.1) is 0 Å². The van der Waals surface area contributed by atoms with E-state index in [4.69, 9.17) is 5.73 Å². The average Bonchev–Trinajstić information content (AvgIpc) is 2.16. The summed E-state index contributed by atoms with van der Waals surface area (Å²) in [5.74, 6) is 0.354. The lowest BCUT2D eigenvalue weighted by Gasteiger charge is -2.33. The largest absolute Gasteiger partial charge is 0.508 e. The Hall–Kier alpha value is -1.02. The third kappa shape index (κ3) is 4.87. The van der Waals surface area contributed by atoms with Crippen molar-refractivity contribution in [3.63, 3.8) is 0 Å². The second-order valence-corrected chi connectivity index (χ2v) is 7.65. The van der Waals surface area contributed by atoms with E-state index in [1.54, 1.807) is 6.07 Å². The molecule has 2 nitrogen and oxygen atoms in total. The zero-order chi connectivity index (χ0) is 14.8. The van der Waals surface area contributed by atoms with Crippen LogP contribution in [0.25, 0.3) is 0 Å². The van der Waals surface area contributed by atoms with Gasteiger partial charge in [0.15, 0.2) is 0 Å². The molecule has 0 spiro atoms. The van der Waals surface area contributed by atoms with Crippen LogP contribution in [0.5, 0.6) is 5.75 Å². The number of benzene rings is 1. The van der Waals surface area contributed by atoms with Gasteiger partial charge in [-0.2, -0.15) is 0 Å². The summed E-state index contributed by atoms with van der Waals surface area (Å²) in [5, 5.41) is 9.93. The van der Waals surface area contributed by atoms with Crippen LogP contribution in [0, 0.1) is 5.41 Å². The standard InChI is InChI=1S/C17H29NO/c1-12(18)9-13-10-14(7-8-15(13)19)17(5,6)11-16(2,3)4/h7-8,10,12,19H,9,11,18H2,1-6H3. The molecule has 108 valence electrons. The summed E-state index contributed by atoms with van der Waals surface area (Å²) in [7, 11) is 0. The average molecular weight is 263 g/mol. The van der Waals surface area contributed by atoms with Crippen molar-refractivity contribution in [2.45, 2.75) is 65.8 Å². The molecule has 0 bridgehead atoms. The third-order valence-corrected chi connectivity index (χ3v) is 3.38. The Morgan fingerprint density at radius 3 is 2.21 bits per heavy atom. The van der Waals surface area contributed by atoms with Gasteiger partial charge in [0.1, 0.15) is 5.75 Å². The molecule has 0 aromatic heterocycles. The first kappa shape index (κ1) is 16.0. The second kappa shape index (κ2) is 5.54. The van der Waals surface area contributed by atoms with E-state index in [0.29, 0.717) is 12.2 Å². The molecular formula is C17H29NO. The van der Waals surface area contributed by atoms with E-state index in [-0.39, 0.29) is 16.9 Å². The molecule has 0 heterocycles. The number of nitrogens with two attached hydrogens (primary N) is 1. The predicted octanol–water partition coefficient (Wildman–Crippen LogP) is 4.00. The van der Waals surface area contributed by atoms with E-state index < -0.39 is 0 Å². The van der Waals surface area contributed by atoms with Crippen molar-refractivity contribution in [2.75, 3.05) is 0 Å². The first-order valence-corrected chi connectivity index (χ1v) is 7.09. The van der Waals surface area contributed by atoms with Crippen LogP contribution in [-0.2, 0) is 11.8 Å². The molecule has 0 aliphatic rings. The van der Waals surface area contributed by atoms with E-state index >= 15 is 0 Å². The Morgan fingerprint density at radius 2 is 1.74 bits per heavy atom. The first-order chi connectivity index (χ1) is 8.51. The lowest BCUT2D eigenvalue weighted by molar-refractivity contribution is 0.284. The molecule has 0 saturated carbocycles.